The van der Waals surface area contributed by atoms with Gasteiger partial charge in [-0.05, 0) is 31.9 Å². The molecule has 22 heavy (non-hydrogen) atoms. The lowest BCUT2D eigenvalue weighted by molar-refractivity contribution is 0.311. The molecule has 0 radical (unpaired) electrons. The summed E-state index contributed by atoms with van der Waals surface area (Å²) in [5, 5.41) is 0. The summed E-state index contributed by atoms with van der Waals surface area (Å²) < 4.78 is 25.5. The van der Waals surface area contributed by atoms with Crippen LogP contribution in [0.25, 0.3) is 11.0 Å². The number of nitrogens with one attached hydrogen (secondary N) is 1. The van der Waals surface area contributed by atoms with Crippen LogP contribution < -0.4 is 4.90 Å². The van der Waals surface area contributed by atoms with Crippen molar-refractivity contribution in [3.05, 3.63) is 24.3 Å². The first-order valence-electron chi connectivity index (χ1n) is 7.66. The van der Waals surface area contributed by atoms with Gasteiger partial charge in [-0.15, -0.1) is 0 Å². The number of piperidine rings is 1. The van der Waals surface area contributed by atoms with E-state index < -0.39 is 10.0 Å². The number of aromatic nitrogens is 2. The second kappa shape index (κ2) is 5.89. The molecule has 0 aliphatic carbocycles. The predicted octanol–water partition coefficient (Wildman–Crippen LogP) is 1.81. The first-order chi connectivity index (χ1) is 10.5. The van der Waals surface area contributed by atoms with Crippen molar-refractivity contribution in [2.45, 2.75) is 25.8 Å². The van der Waals surface area contributed by atoms with E-state index in [9.17, 15) is 8.42 Å². The van der Waals surface area contributed by atoms with E-state index in [2.05, 4.69) is 14.9 Å². The summed E-state index contributed by atoms with van der Waals surface area (Å²) in [4.78, 5) is 10.1. The number of sulfonamides is 1. The Labute approximate surface area is 131 Å². The zero-order valence-electron chi connectivity index (χ0n) is 13.0. The quantitative estimate of drug-likeness (QED) is 0.932. The van der Waals surface area contributed by atoms with Crippen LogP contribution in [0.5, 0.6) is 0 Å². The molecular formula is C15H22N4O2S. The van der Waals surface area contributed by atoms with Crippen LogP contribution in [0.1, 0.15) is 19.8 Å². The van der Waals surface area contributed by atoms with Gasteiger partial charge in [0.2, 0.25) is 16.0 Å². The number of para-hydroxylation sites is 2. The third kappa shape index (κ3) is 2.83. The predicted molar refractivity (Wildman–Crippen MR) is 88.6 cm³/mol. The van der Waals surface area contributed by atoms with Gasteiger partial charge in [-0.3, -0.25) is 0 Å². The molecule has 1 saturated heterocycles. The molecule has 1 aliphatic rings. The maximum atomic E-state index is 12.0. The lowest BCUT2D eigenvalue weighted by Gasteiger charge is -2.35. The van der Waals surface area contributed by atoms with Gasteiger partial charge in [0.1, 0.15) is 0 Å². The highest BCUT2D eigenvalue weighted by molar-refractivity contribution is 7.89. The Balaban J connectivity index is 1.69. The van der Waals surface area contributed by atoms with E-state index in [0.717, 1.165) is 42.9 Å². The highest BCUT2D eigenvalue weighted by Crippen LogP contribution is 2.23. The number of fused-ring (bicyclic) bond motifs is 1. The average Bonchev–Trinajstić information content (AvgIpc) is 2.98. The summed E-state index contributed by atoms with van der Waals surface area (Å²) in [6.45, 7) is 3.32. The standard InChI is InChI=1S/C15H22N4O2S/c1-3-22(20,21)18(2)12-8-10-19(11-9-12)15-16-13-6-4-5-7-14(13)17-15/h4-7,12H,3,8-11H2,1-2H3,(H,16,17). The number of hydrogen-bond acceptors (Lipinski definition) is 4. The molecule has 0 saturated carbocycles. The Hall–Kier alpha value is -1.60. The zero-order chi connectivity index (χ0) is 15.7. The molecule has 0 amide bonds. The van der Waals surface area contributed by atoms with Crippen LogP contribution in [-0.4, -0.2) is 54.6 Å². The summed E-state index contributed by atoms with van der Waals surface area (Å²) in [7, 11) is -1.41. The minimum absolute atomic E-state index is 0.0885. The molecule has 1 fully saturated rings. The fourth-order valence-corrected chi connectivity index (χ4v) is 4.03. The van der Waals surface area contributed by atoms with Crippen molar-refractivity contribution in [3.8, 4) is 0 Å². The van der Waals surface area contributed by atoms with Gasteiger partial charge in [0.25, 0.3) is 0 Å². The number of anilines is 1. The SMILES string of the molecule is CCS(=O)(=O)N(C)C1CCN(c2nc3ccccc3[nH]2)CC1. The second-order valence-corrected chi connectivity index (χ2v) is 8.03. The molecule has 2 heterocycles. The van der Waals surface area contributed by atoms with Crippen molar-refractivity contribution in [1.29, 1.82) is 0 Å². The van der Waals surface area contributed by atoms with Gasteiger partial charge in [0.15, 0.2) is 0 Å². The van der Waals surface area contributed by atoms with E-state index >= 15 is 0 Å². The zero-order valence-corrected chi connectivity index (χ0v) is 13.8. The molecule has 1 N–H and O–H groups in total. The van der Waals surface area contributed by atoms with Crippen LogP contribution in [0, 0.1) is 0 Å². The number of hydrogen-bond donors (Lipinski definition) is 1. The number of rotatable bonds is 4. The van der Waals surface area contributed by atoms with Gasteiger partial charge in [-0.25, -0.2) is 17.7 Å². The van der Waals surface area contributed by atoms with E-state index in [4.69, 9.17) is 0 Å². The van der Waals surface area contributed by atoms with E-state index in [0.29, 0.717) is 0 Å². The van der Waals surface area contributed by atoms with Gasteiger partial charge in [0, 0.05) is 26.2 Å². The molecule has 0 unspecified atom stereocenters. The number of aromatic amines is 1. The summed E-state index contributed by atoms with van der Waals surface area (Å²) in [5.74, 6) is 1.04. The fourth-order valence-electron chi connectivity index (χ4n) is 2.96. The van der Waals surface area contributed by atoms with Crippen molar-refractivity contribution in [1.82, 2.24) is 14.3 Å². The molecule has 1 aromatic heterocycles. The molecule has 1 aromatic carbocycles. The molecule has 120 valence electrons. The van der Waals surface area contributed by atoms with Crippen LogP contribution in [0.15, 0.2) is 24.3 Å². The Morgan fingerprint density at radius 1 is 1.32 bits per heavy atom. The van der Waals surface area contributed by atoms with Gasteiger partial charge in [-0.1, -0.05) is 12.1 Å². The van der Waals surface area contributed by atoms with Crippen molar-refractivity contribution in [2.24, 2.45) is 0 Å². The summed E-state index contributed by atoms with van der Waals surface area (Å²) in [6.07, 6.45) is 1.65. The fraction of sp³-hybridized carbons (Fsp3) is 0.533. The summed E-state index contributed by atoms with van der Waals surface area (Å²) >= 11 is 0. The van der Waals surface area contributed by atoms with Crippen LogP contribution in [0.4, 0.5) is 5.95 Å². The van der Waals surface area contributed by atoms with Crippen LogP contribution >= 0.6 is 0 Å². The molecule has 2 aromatic rings. The first kappa shape index (κ1) is 15.3. The second-order valence-electron chi connectivity index (χ2n) is 5.71. The largest absolute Gasteiger partial charge is 0.342 e. The maximum Gasteiger partial charge on any atom is 0.213 e. The summed E-state index contributed by atoms with van der Waals surface area (Å²) in [5.41, 5.74) is 2.00. The Morgan fingerprint density at radius 2 is 2.00 bits per heavy atom. The first-order valence-corrected chi connectivity index (χ1v) is 9.27. The van der Waals surface area contributed by atoms with Gasteiger partial charge in [-0.2, -0.15) is 0 Å². The molecule has 1 aliphatic heterocycles. The highest BCUT2D eigenvalue weighted by Gasteiger charge is 2.29. The molecule has 0 spiro atoms. The Kier molecular flexibility index (Phi) is 4.10. The van der Waals surface area contributed by atoms with Gasteiger partial charge >= 0.3 is 0 Å². The Morgan fingerprint density at radius 3 is 2.64 bits per heavy atom. The van der Waals surface area contributed by atoms with E-state index in [1.807, 2.05) is 24.3 Å². The molecule has 7 heteroatoms. The topological polar surface area (TPSA) is 69.3 Å². The van der Waals surface area contributed by atoms with E-state index in [1.54, 1.807) is 18.3 Å². The molecule has 0 atom stereocenters. The maximum absolute atomic E-state index is 12.0. The number of benzene rings is 1. The lowest BCUT2D eigenvalue weighted by atomic mass is 10.1. The average molecular weight is 322 g/mol. The van der Waals surface area contributed by atoms with Gasteiger partial charge < -0.3 is 9.88 Å². The molecular weight excluding hydrogens is 300 g/mol. The van der Waals surface area contributed by atoms with E-state index in [1.165, 1.54) is 0 Å². The van der Waals surface area contributed by atoms with Crippen molar-refractivity contribution >= 4 is 27.0 Å². The normalized spacial score (nSPS) is 17.5. The van der Waals surface area contributed by atoms with Crippen LogP contribution in [0.2, 0.25) is 0 Å². The van der Waals surface area contributed by atoms with Crippen LogP contribution in [0.3, 0.4) is 0 Å². The molecule has 6 nitrogen and oxygen atoms in total. The van der Waals surface area contributed by atoms with Crippen molar-refractivity contribution < 1.29 is 8.42 Å². The minimum atomic E-state index is -3.11. The van der Waals surface area contributed by atoms with Gasteiger partial charge in [0.05, 0.1) is 16.8 Å². The molecule has 3 rings (SSSR count). The monoisotopic (exact) mass is 322 g/mol. The summed E-state index contributed by atoms with van der Waals surface area (Å²) in [6, 6.07) is 8.06. The highest BCUT2D eigenvalue weighted by atomic mass is 32.2. The van der Waals surface area contributed by atoms with Crippen molar-refractivity contribution in [3.63, 3.8) is 0 Å². The van der Waals surface area contributed by atoms with Crippen molar-refractivity contribution in [2.75, 3.05) is 30.8 Å². The third-order valence-corrected chi connectivity index (χ3v) is 6.36. The minimum Gasteiger partial charge on any atom is -0.342 e. The number of H-pyrrole nitrogens is 1. The van der Waals surface area contributed by atoms with E-state index in [-0.39, 0.29) is 11.8 Å². The number of nitrogens with zero attached hydrogens (tertiary/aromatic N) is 3. The third-order valence-electron chi connectivity index (χ3n) is 4.46. The number of imidazole rings is 1. The molecule has 0 bridgehead atoms. The lowest BCUT2D eigenvalue weighted by Crippen LogP contribution is -2.46. The Bertz CT molecular complexity index is 715. The smallest absolute Gasteiger partial charge is 0.213 e. The van der Waals surface area contributed by atoms with Crippen LogP contribution in [-0.2, 0) is 10.0 Å².